The Bertz CT molecular complexity index is 846. The number of nitrogens with zero attached hydrogens (tertiary/aromatic N) is 1. The molecule has 1 heterocycles. The smallest absolute Gasteiger partial charge is 0.278 e. The van der Waals surface area contributed by atoms with Crippen LogP contribution in [0.1, 0.15) is 21.8 Å². The van der Waals surface area contributed by atoms with Crippen LogP contribution in [0.5, 0.6) is 5.75 Å². The molecule has 0 radical (unpaired) electrons. The summed E-state index contributed by atoms with van der Waals surface area (Å²) in [6.07, 6.45) is 0. The Kier molecular flexibility index (Phi) is 4.56. The average molecular weight is 326 g/mol. The number of hydrogen-bond acceptors (Lipinski definition) is 4. The quantitative estimate of drug-likeness (QED) is 0.771. The fourth-order valence-electron chi connectivity index (χ4n) is 2.16. The molecule has 1 N–H and O–H groups in total. The second-order valence-corrected chi connectivity index (χ2v) is 5.11. The monoisotopic (exact) mass is 326 g/mol. The van der Waals surface area contributed by atoms with E-state index in [1.165, 1.54) is 12.1 Å². The van der Waals surface area contributed by atoms with Crippen molar-refractivity contribution < 1.29 is 18.4 Å². The predicted molar refractivity (Wildman–Crippen MR) is 86.4 cm³/mol. The van der Waals surface area contributed by atoms with Crippen molar-refractivity contribution in [3.8, 4) is 5.75 Å². The molecule has 0 aliphatic heterocycles. The van der Waals surface area contributed by atoms with Gasteiger partial charge in [-0.1, -0.05) is 35.5 Å². The standard InChI is InChI=1S/C18H15FN2O3/c1-12-14(11-23-16-10-6-5-9-15(16)19)17(21-24-12)18(22)20-13-7-3-2-4-8-13/h2-10H,11H2,1H3,(H,20,22). The first-order valence-corrected chi connectivity index (χ1v) is 7.34. The zero-order valence-electron chi connectivity index (χ0n) is 13.0. The minimum atomic E-state index is -0.470. The lowest BCUT2D eigenvalue weighted by molar-refractivity contribution is 0.101. The molecule has 0 atom stereocenters. The zero-order chi connectivity index (χ0) is 16.9. The maximum absolute atomic E-state index is 13.6. The molecule has 24 heavy (non-hydrogen) atoms. The van der Waals surface area contributed by atoms with E-state index in [1.807, 2.05) is 18.2 Å². The van der Waals surface area contributed by atoms with E-state index in [0.29, 0.717) is 17.0 Å². The number of ether oxygens (including phenoxy) is 1. The first-order chi connectivity index (χ1) is 11.6. The van der Waals surface area contributed by atoms with E-state index < -0.39 is 11.7 Å². The zero-order valence-corrected chi connectivity index (χ0v) is 13.0. The van der Waals surface area contributed by atoms with E-state index in [1.54, 1.807) is 31.2 Å². The van der Waals surface area contributed by atoms with Crippen LogP contribution in [0.2, 0.25) is 0 Å². The van der Waals surface area contributed by atoms with Gasteiger partial charge in [-0.15, -0.1) is 0 Å². The Labute approximate surface area is 138 Å². The fraction of sp³-hybridized carbons (Fsp3) is 0.111. The van der Waals surface area contributed by atoms with Gasteiger partial charge in [-0.3, -0.25) is 4.79 Å². The predicted octanol–water partition coefficient (Wildman–Crippen LogP) is 3.95. The molecule has 3 rings (SSSR count). The number of carbonyl (C=O) groups is 1. The average Bonchev–Trinajstić information content (AvgIpc) is 2.96. The molecule has 0 bridgehead atoms. The van der Waals surface area contributed by atoms with Gasteiger partial charge in [0.1, 0.15) is 12.4 Å². The maximum atomic E-state index is 13.6. The van der Waals surface area contributed by atoms with Gasteiger partial charge in [-0.2, -0.15) is 0 Å². The topological polar surface area (TPSA) is 64.4 Å². The van der Waals surface area contributed by atoms with Gasteiger partial charge in [-0.05, 0) is 31.2 Å². The highest BCUT2D eigenvalue weighted by Crippen LogP contribution is 2.21. The number of nitrogens with one attached hydrogen (secondary N) is 1. The first kappa shape index (κ1) is 15.7. The number of benzene rings is 2. The molecular formula is C18H15FN2O3. The van der Waals surface area contributed by atoms with Crippen molar-refractivity contribution in [2.24, 2.45) is 0 Å². The molecule has 1 aromatic heterocycles. The number of amides is 1. The fourth-order valence-corrected chi connectivity index (χ4v) is 2.16. The summed E-state index contributed by atoms with van der Waals surface area (Å²) < 4.78 is 24.2. The van der Waals surface area contributed by atoms with Crippen molar-refractivity contribution in [2.75, 3.05) is 5.32 Å². The van der Waals surface area contributed by atoms with E-state index in [4.69, 9.17) is 9.26 Å². The molecule has 5 nitrogen and oxygen atoms in total. The summed E-state index contributed by atoms with van der Waals surface area (Å²) in [6, 6.07) is 15.1. The molecule has 0 aliphatic carbocycles. The number of hydrogen-bond donors (Lipinski definition) is 1. The van der Waals surface area contributed by atoms with E-state index >= 15 is 0 Å². The number of anilines is 1. The van der Waals surface area contributed by atoms with Crippen LogP contribution < -0.4 is 10.1 Å². The number of halogens is 1. The molecular weight excluding hydrogens is 311 g/mol. The third-order valence-electron chi connectivity index (χ3n) is 3.44. The van der Waals surface area contributed by atoms with Crippen LogP contribution in [0.4, 0.5) is 10.1 Å². The molecule has 0 saturated heterocycles. The number of aryl methyl sites for hydroxylation is 1. The number of aromatic nitrogens is 1. The Morgan fingerprint density at radius 2 is 1.88 bits per heavy atom. The maximum Gasteiger partial charge on any atom is 0.278 e. The highest BCUT2D eigenvalue weighted by molar-refractivity contribution is 6.03. The summed E-state index contributed by atoms with van der Waals surface area (Å²) in [5.74, 6) is -0.329. The lowest BCUT2D eigenvalue weighted by Gasteiger charge is -2.08. The molecule has 0 saturated carbocycles. The first-order valence-electron chi connectivity index (χ1n) is 7.34. The second kappa shape index (κ2) is 6.95. The van der Waals surface area contributed by atoms with Gasteiger partial charge in [-0.25, -0.2) is 4.39 Å². The van der Waals surface area contributed by atoms with Crippen molar-refractivity contribution in [1.82, 2.24) is 5.16 Å². The Morgan fingerprint density at radius 1 is 1.17 bits per heavy atom. The summed E-state index contributed by atoms with van der Waals surface area (Å²) in [5, 5.41) is 6.52. The SMILES string of the molecule is Cc1onc(C(=O)Nc2ccccc2)c1COc1ccccc1F. The summed E-state index contributed by atoms with van der Waals surface area (Å²) in [7, 11) is 0. The molecule has 6 heteroatoms. The lowest BCUT2D eigenvalue weighted by atomic mass is 10.2. The van der Waals surface area contributed by atoms with E-state index in [-0.39, 0.29) is 18.1 Å². The Balaban J connectivity index is 1.76. The Morgan fingerprint density at radius 3 is 2.62 bits per heavy atom. The number of carbonyl (C=O) groups excluding carboxylic acids is 1. The summed E-state index contributed by atoms with van der Waals surface area (Å²) in [5.41, 5.74) is 1.24. The van der Waals surface area contributed by atoms with Gasteiger partial charge in [0.25, 0.3) is 5.91 Å². The van der Waals surface area contributed by atoms with Gasteiger partial charge in [0.2, 0.25) is 0 Å². The molecule has 0 fully saturated rings. The molecule has 0 aliphatic rings. The van der Waals surface area contributed by atoms with Crippen molar-refractivity contribution in [3.63, 3.8) is 0 Å². The van der Waals surface area contributed by atoms with E-state index in [9.17, 15) is 9.18 Å². The van der Waals surface area contributed by atoms with Crippen molar-refractivity contribution in [1.29, 1.82) is 0 Å². The lowest BCUT2D eigenvalue weighted by Crippen LogP contribution is -2.15. The Hall–Kier alpha value is -3.15. The third kappa shape index (κ3) is 3.43. The largest absolute Gasteiger partial charge is 0.486 e. The molecule has 0 spiro atoms. The van der Waals surface area contributed by atoms with Gasteiger partial charge in [0.15, 0.2) is 17.3 Å². The second-order valence-electron chi connectivity index (χ2n) is 5.11. The summed E-state index contributed by atoms with van der Waals surface area (Å²) in [6.45, 7) is 1.65. The third-order valence-corrected chi connectivity index (χ3v) is 3.44. The van der Waals surface area contributed by atoms with Crippen LogP contribution in [0.25, 0.3) is 0 Å². The van der Waals surface area contributed by atoms with Crippen LogP contribution in [-0.2, 0) is 6.61 Å². The van der Waals surface area contributed by atoms with Crippen molar-refractivity contribution in [3.05, 3.63) is 77.4 Å². The minimum Gasteiger partial charge on any atom is -0.486 e. The van der Waals surface area contributed by atoms with Gasteiger partial charge in [0, 0.05) is 5.69 Å². The van der Waals surface area contributed by atoms with E-state index in [0.717, 1.165) is 0 Å². The van der Waals surface area contributed by atoms with Crippen LogP contribution in [-0.4, -0.2) is 11.1 Å². The van der Waals surface area contributed by atoms with Gasteiger partial charge >= 0.3 is 0 Å². The van der Waals surface area contributed by atoms with Gasteiger partial charge < -0.3 is 14.6 Å². The number of para-hydroxylation sites is 2. The molecule has 122 valence electrons. The van der Waals surface area contributed by atoms with Crippen LogP contribution in [0, 0.1) is 12.7 Å². The van der Waals surface area contributed by atoms with Crippen LogP contribution in [0.15, 0.2) is 59.1 Å². The number of rotatable bonds is 5. The summed E-state index contributed by atoms with van der Waals surface area (Å²) in [4.78, 5) is 12.4. The minimum absolute atomic E-state index is 0.0200. The molecule has 2 aromatic carbocycles. The highest BCUT2D eigenvalue weighted by atomic mass is 19.1. The normalized spacial score (nSPS) is 10.4. The molecule has 3 aromatic rings. The van der Waals surface area contributed by atoms with Crippen LogP contribution >= 0.6 is 0 Å². The molecule has 0 unspecified atom stereocenters. The van der Waals surface area contributed by atoms with E-state index in [2.05, 4.69) is 10.5 Å². The van der Waals surface area contributed by atoms with Crippen LogP contribution in [0.3, 0.4) is 0 Å². The molecule has 1 amide bonds. The van der Waals surface area contributed by atoms with Crippen molar-refractivity contribution >= 4 is 11.6 Å². The van der Waals surface area contributed by atoms with Gasteiger partial charge in [0.05, 0.1) is 5.56 Å². The summed E-state index contributed by atoms with van der Waals surface area (Å²) >= 11 is 0. The highest BCUT2D eigenvalue weighted by Gasteiger charge is 2.21. The van der Waals surface area contributed by atoms with Crippen molar-refractivity contribution in [2.45, 2.75) is 13.5 Å².